The Morgan fingerprint density at radius 3 is 2.91 bits per heavy atom. The highest BCUT2D eigenvalue weighted by molar-refractivity contribution is 8.00. The summed E-state index contributed by atoms with van der Waals surface area (Å²) >= 11 is 1.59. The number of nitrogens with zero attached hydrogens (tertiary/aromatic N) is 3. The van der Waals surface area contributed by atoms with Crippen LogP contribution in [0.15, 0.2) is 23.2 Å². The Bertz CT molecular complexity index is 576. The lowest BCUT2D eigenvalue weighted by molar-refractivity contribution is -0.146. The first-order valence-electron chi connectivity index (χ1n) is 7.00. The van der Waals surface area contributed by atoms with Crippen molar-refractivity contribution in [3.63, 3.8) is 0 Å². The Kier molecular flexibility index (Phi) is 4.02. The number of nitrogens with two attached hydrogens (primary N) is 1. The van der Waals surface area contributed by atoms with E-state index >= 15 is 0 Å². The van der Waals surface area contributed by atoms with E-state index < -0.39 is 5.97 Å². The van der Waals surface area contributed by atoms with Crippen LogP contribution in [-0.2, 0) is 9.59 Å². The van der Waals surface area contributed by atoms with Crippen molar-refractivity contribution in [1.82, 2.24) is 14.9 Å². The van der Waals surface area contributed by atoms with Gasteiger partial charge in [0.05, 0.1) is 24.9 Å². The smallest absolute Gasteiger partial charge is 0.352 e. The second-order valence-electron chi connectivity index (χ2n) is 5.31. The number of β-lactam (4-membered cyclic amide) rings is 1. The Morgan fingerprint density at radius 2 is 2.27 bits per heavy atom. The van der Waals surface area contributed by atoms with Crippen molar-refractivity contribution in [3.8, 4) is 0 Å². The largest absolute Gasteiger partial charge is 0.477 e. The van der Waals surface area contributed by atoms with Crippen molar-refractivity contribution >= 4 is 23.6 Å². The zero-order valence-electron chi connectivity index (χ0n) is 11.9. The highest BCUT2D eigenvalue weighted by Crippen LogP contribution is 2.40. The highest BCUT2D eigenvalue weighted by Gasteiger charge is 2.45. The number of hydrazine groups is 1. The SMILES string of the molecule is NC1=CCN(CC2=C(C(=O)O)N3C(=O)C[C@H]3SC2)N1CCO. The van der Waals surface area contributed by atoms with Crippen LogP contribution >= 0.6 is 11.8 Å². The number of hydrogen-bond donors (Lipinski definition) is 3. The van der Waals surface area contributed by atoms with Crippen LogP contribution < -0.4 is 5.73 Å². The summed E-state index contributed by atoms with van der Waals surface area (Å²) < 4.78 is 0. The molecule has 0 aromatic heterocycles. The molecule has 0 aromatic rings. The summed E-state index contributed by atoms with van der Waals surface area (Å²) in [7, 11) is 0. The fraction of sp³-hybridized carbons (Fsp3) is 0.538. The van der Waals surface area contributed by atoms with Crippen LogP contribution in [0.1, 0.15) is 6.42 Å². The molecule has 3 aliphatic rings. The lowest BCUT2D eigenvalue weighted by Gasteiger charge is -2.44. The van der Waals surface area contributed by atoms with E-state index in [9.17, 15) is 14.7 Å². The number of carboxylic acid groups (broad SMARTS) is 1. The molecule has 8 nitrogen and oxygen atoms in total. The molecule has 1 fully saturated rings. The van der Waals surface area contributed by atoms with Crippen LogP contribution in [0.3, 0.4) is 0 Å². The molecule has 22 heavy (non-hydrogen) atoms. The number of hydrogen-bond acceptors (Lipinski definition) is 7. The number of aliphatic hydroxyl groups excluding tert-OH is 1. The van der Waals surface area contributed by atoms with Gasteiger partial charge in [0.2, 0.25) is 5.91 Å². The van der Waals surface area contributed by atoms with Crippen LogP contribution in [-0.4, -0.2) is 74.4 Å². The number of carboxylic acids is 1. The molecule has 1 atom stereocenters. The monoisotopic (exact) mass is 326 g/mol. The van der Waals surface area contributed by atoms with E-state index in [1.54, 1.807) is 16.8 Å². The summed E-state index contributed by atoms with van der Waals surface area (Å²) in [5.74, 6) is -0.0761. The maximum atomic E-state index is 11.7. The Hall–Kier alpha value is -1.71. The molecule has 1 saturated heterocycles. The lowest BCUT2D eigenvalue weighted by atomic mass is 10.1. The average Bonchev–Trinajstić information content (AvgIpc) is 2.80. The third-order valence-electron chi connectivity index (χ3n) is 3.97. The highest BCUT2D eigenvalue weighted by atomic mass is 32.2. The first-order chi connectivity index (χ1) is 10.5. The van der Waals surface area contributed by atoms with Gasteiger partial charge in [-0.2, -0.15) is 0 Å². The van der Waals surface area contributed by atoms with E-state index in [4.69, 9.17) is 10.8 Å². The maximum Gasteiger partial charge on any atom is 0.352 e. The summed E-state index contributed by atoms with van der Waals surface area (Å²) in [6.07, 6.45) is 2.23. The maximum absolute atomic E-state index is 11.7. The number of carbonyl (C=O) groups excluding carboxylic acids is 1. The van der Waals surface area contributed by atoms with E-state index in [1.807, 2.05) is 11.1 Å². The normalized spacial score (nSPS) is 25.2. The second kappa shape index (κ2) is 5.82. The van der Waals surface area contributed by atoms with Gasteiger partial charge in [0.25, 0.3) is 0 Å². The summed E-state index contributed by atoms with van der Waals surface area (Å²) in [5.41, 5.74) is 6.68. The van der Waals surface area contributed by atoms with Gasteiger partial charge in [-0.05, 0) is 11.6 Å². The molecule has 0 aromatic carbocycles. The molecule has 3 rings (SSSR count). The minimum atomic E-state index is -1.07. The van der Waals surface area contributed by atoms with Crippen molar-refractivity contribution in [3.05, 3.63) is 23.2 Å². The Balaban J connectivity index is 1.82. The summed E-state index contributed by atoms with van der Waals surface area (Å²) in [6.45, 7) is 1.25. The van der Waals surface area contributed by atoms with Crippen molar-refractivity contribution in [2.45, 2.75) is 11.8 Å². The van der Waals surface area contributed by atoms with E-state index in [-0.39, 0.29) is 23.6 Å². The van der Waals surface area contributed by atoms with Crippen molar-refractivity contribution in [1.29, 1.82) is 0 Å². The van der Waals surface area contributed by atoms with E-state index in [0.717, 1.165) is 0 Å². The fourth-order valence-electron chi connectivity index (χ4n) is 2.90. The van der Waals surface area contributed by atoms with Gasteiger partial charge in [-0.25, -0.2) is 9.80 Å². The van der Waals surface area contributed by atoms with Gasteiger partial charge in [0, 0.05) is 18.8 Å². The van der Waals surface area contributed by atoms with Gasteiger partial charge in [-0.3, -0.25) is 14.7 Å². The quantitative estimate of drug-likeness (QED) is 0.549. The van der Waals surface area contributed by atoms with E-state index in [0.29, 0.717) is 43.2 Å². The Labute approximate surface area is 131 Å². The molecule has 3 heterocycles. The van der Waals surface area contributed by atoms with Crippen LogP contribution in [0, 0.1) is 0 Å². The van der Waals surface area contributed by atoms with Gasteiger partial charge in [0.1, 0.15) is 11.5 Å². The third kappa shape index (κ3) is 2.44. The molecular weight excluding hydrogens is 308 g/mol. The molecule has 0 spiro atoms. The van der Waals surface area contributed by atoms with Crippen LogP contribution in [0.4, 0.5) is 0 Å². The molecule has 4 N–H and O–H groups in total. The molecule has 0 unspecified atom stereocenters. The zero-order valence-corrected chi connectivity index (χ0v) is 12.8. The first kappa shape index (κ1) is 15.2. The molecule has 0 bridgehead atoms. The standard InChI is InChI=1S/C13H18N4O4S/c14-9-1-2-15(16(9)3-4-18)6-8-7-22-11-5-10(19)17(11)12(8)13(20)21/h1,11,18H,2-7,14H2,(H,20,21)/t11-/m1/s1. The topological polar surface area (TPSA) is 110 Å². The predicted molar refractivity (Wildman–Crippen MR) is 80.0 cm³/mol. The minimum Gasteiger partial charge on any atom is -0.477 e. The number of fused-ring (bicyclic) bond motifs is 1. The van der Waals surface area contributed by atoms with E-state index in [2.05, 4.69) is 0 Å². The van der Waals surface area contributed by atoms with Gasteiger partial charge >= 0.3 is 5.97 Å². The lowest BCUT2D eigenvalue weighted by Crippen LogP contribution is -2.55. The minimum absolute atomic E-state index is 0.0438. The molecule has 120 valence electrons. The van der Waals surface area contributed by atoms with Gasteiger partial charge in [-0.1, -0.05) is 0 Å². The van der Waals surface area contributed by atoms with Crippen molar-refractivity contribution < 1.29 is 19.8 Å². The summed E-state index contributed by atoms with van der Waals surface area (Å²) in [5, 5.41) is 22.2. The second-order valence-corrected chi connectivity index (χ2v) is 6.48. The van der Waals surface area contributed by atoms with E-state index in [1.165, 1.54) is 4.90 Å². The van der Waals surface area contributed by atoms with Crippen LogP contribution in [0.2, 0.25) is 0 Å². The Morgan fingerprint density at radius 1 is 1.50 bits per heavy atom. The van der Waals surface area contributed by atoms with Gasteiger partial charge in [0.15, 0.2) is 0 Å². The zero-order chi connectivity index (χ0) is 15.9. The molecule has 0 saturated carbocycles. The van der Waals surface area contributed by atoms with Crippen LogP contribution in [0.5, 0.6) is 0 Å². The van der Waals surface area contributed by atoms with Crippen molar-refractivity contribution in [2.24, 2.45) is 5.73 Å². The average molecular weight is 326 g/mol. The molecule has 1 amide bonds. The van der Waals surface area contributed by atoms with Crippen molar-refractivity contribution in [2.75, 3.05) is 32.0 Å². The first-order valence-corrected chi connectivity index (χ1v) is 8.05. The van der Waals surface area contributed by atoms with Gasteiger partial charge < -0.3 is 15.9 Å². The number of β-amino-alcohol motifs (C(OH)–C–C–N with tert-alkyl or cyclic N) is 1. The molecule has 3 aliphatic heterocycles. The third-order valence-corrected chi connectivity index (χ3v) is 5.25. The summed E-state index contributed by atoms with van der Waals surface area (Å²) in [6, 6.07) is 0. The summed E-state index contributed by atoms with van der Waals surface area (Å²) in [4.78, 5) is 24.7. The number of thioether (sulfide) groups is 1. The number of aliphatic hydroxyl groups is 1. The number of aliphatic carboxylic acids is 1. The molecule has 0 aliphatic carbocycles. The molecule has 0 radical (unpaired) electrons. The molecular formula is C13H18N4O4S. The number of rotatable bonds is 5. The predicted octanol–water partition coefficient (Wildman–Crippen LogP) is -1.04. The van der Waals surface area contributed by atoms with Gasteiger partial charge in [-0.15, -0.1) is 11.8 Å². The van der Waals surface area contributed by atoms with Crippen LogP contribution in [0.25, 0.3) is 0 Å². The number of amides is 1. The fourth-order valence-corrected chi connectivity index (χ4v) is 4.16. The molecule has 9 heteroatoms. The number of carbonyl (C=O) groups is 2.